The van der Waals surface area contributed by atoms with Crippen molar-refractivity contribution >= 4 is 32.9 Å². The van der Waals surface area contributed by atoms with E-state index in [2.05, 4.69) is 46.5 Å². The van der Waals surface area contributed by atoms with Crippen LogP contribution in [0.4, 0.5) is 5.82 Å². The number of fused-ring (bicyclic) bond motifs is 1. The molecule has 0 saturated heterocycles. The smallest absolute Gasteiger partial charge is 0.269 e. The molecule has 3 atom stereocenters. The molecule has 38 heavy (non-hydrogen) atoms. The van der Waals surface area contributed by atoms with Crippen molar-refractivity contribution in [3.8, 4) is 0 Å². The summed E-state index contributed by atoms with van der Waals surface area (Å²) < 4.78 is 27.3. The Balaban J connectivity index is 1.37. The van der Waals surface area contributed by atoms with Gasteiger partial charge < -0.3 is 4.90 Å². The standard InChI is InChI=1S/C28H40N6O3S/c1-5-22-17-21(9-8-15-33(6-2)7-3)18-24(22)28(35)32-31-26-19-29-27-25(30-26)14-16-34(27)38(36,37)23-12-10-20(4)11-13-23/h10-14,16,19,21-22,24H,5-9,15,17-18H2,1-4H3,(H,30,31)(H,32,35). The van der Waals surface area contributed by atoms with E-state index in [0.717, 1.165) is 54.9 Å². The highest BCUT2D eigenvalue weighted by Gasteiger charge is 2.37. The average molecular weight is 541 g/mol. The maximum absolute atomic E-state index is 13.1. The van der Waals surface area contributed by atoms with Crippen molar-refractivity contribution in [2.45, 2.75) is 64.7 Å². The molecule has 0 bridgehead atoms. The number of nitrogens with one attached hydrogen (secondary N) is 2. The first-order chi connectivity index (χ1) is 18.3. The van der Waals surface area contributed by atoms with E-state index in [1.165, 1.54) is 18.8 Å². The number of hydrazine groups is 1. The van der Waals surface area contributed by atoms with Gasteiger partial charge in [-0.05, 0) is 82.3 Å². The van der Waals surface area contributed by atoms with Crippen molar-refractivity contribution in [3.05, 3.63) is 48.3 Å². The van der Waals surface area contributed by atoms with Gasteiger partial charge in [-0.1, -0.05) is 44.9 Å². The summed E-state index contributed by atoms with van der Waals surface area (Å²) >= 11 is 0. The Morgan fingerprint density at radius 2 is 1.84 bits per heavy atom. The third-order valence-corrected chi connectivity index (χ3v) is 9.56. The number of hydrogen-bond donors (Lipinski definition) is 2. The normalized spacial score (nSPS) is 19.8. The van der Waals surface area contributed by atoms with Crippen LogP contribution in [0.5, 0.6) is 0 Å². The van der Waals surface area contributed by atoms with Crippen molar-refractivity contribution in [2.75, 3.05) is 25.1 Å². The lowest BCUT2D eigenvalue weighted by Crippen LogP contribution is -2.36. The van der Waals surface area contributed by atoms with Crippen LogP contribution in [0, 0.1) is 24.7 Å². The molecule has 3 aromatic rings. The van der Waals surface area contributed by atoms with Gasteiger partial charge >= 0.3 is 0 Å². The largest absolute Gasteiger partial charge is 0.304 e. The Hall–Kier alpha value is -2.98. The molecule has 1 amide bonds. The number of benzene rings is 1. The van der Waals surface area contributed by atoms with Gasteiger partial charge in [-0.2, -0.15) is 0 Å². The summed E-state index contributed by atoms with van der Waals surface area (Å²) in [5.41, 5.74) is 7.35. The highest BCUT2D eigenvalue weighted by atomic mass is 32.2. The number of nitrogens with zero attached hydrogens (tertiary/aromatic N) is 4. The number of aromatic nitrogens is 3. The van der Waals surface area contributed by atoms with E-state index in [-0.39, 0.29) is 22.4 Å². The van der Waals surface area contributed by atoms with Crippen LogP contribution in [0.1, 0.15) is 58.4 Å². The molecule has 1 aliphatic carbocycles. The topological polar surface area (TPSA) is 109 Å². The Morgan fingerprint density at radius 1 is 1.11 bits per heavy atom. The fraction of sp³-hybridized carbons (Fsp3) is 0.536. The van der Waals surface area contributed by atoms with Crippen molar-refractivity contribution in [1.29, 1.82) is 0 Å². The number of rotatable bonds is 12. The maximum Gasteiger partial charge on any atom is 0.269 e. The SMILES string of the molecule is CCC1CC(CCCN(CC)CC)CC1C(=O)NNc1cnc2c(ccn2S(=O)(=O)c2ccc(C)cc2)n1. The summed E-state index contributed by atoms with van der Waals surface area (Å²) in [5.74, 6) is 1.27. The van der Waals surface area contributed by atoms with Crippen LogP contribution in [0.3, 0.4) is 0 Å². The molecule has 0 radical (unpaired) electrons. The Kier molecular flexibility index (Phi) is 9.04. The van der Waals surface area contributed by atoms with Crippen molar-refractivity contribution < 1.29 is 13.2 Å². The molecule has 10 heteroatoms. The molecule has 2 N–H and O–H groups in total. The highest BCUT2D eigenvalue weighted by molar-refractivity contribution is 7.90. The number of hydrogen-bond acceptors (Lipinski definition) is 7. The molecule has 9 nitrogen and oxygen atoms in total. The molecule has 3 unspecified atom stereocenters. The second-order valence-electron chi connectivity index (χ2n) is 10.3. The van der Waals surface area contributed by atoms with E-state index in [1.807, 2.05) is 6.92 Å². The average Bonchev–Trinajstić information content (AvgIpc) is 3.54. The van der Waals surface area contributed by atoms with Crippen LogP contribution >= 0.6 is 0 Å². The molecular weight excluding hydrogens is 500 g/mol. The van der Waals surface area contributed by atoms with Crippen LogP contribution in [-0.4, -0.2) is 52.8 Å². The van der Waals surface area contributed by atoms with Gasteiger partial charge in [-0.15, -0.1) is 0 Å². The summed E-state index contributed by atoms with van der Waals surface area (Å²) in [6, 6.07) is 8.29. The quantitative estimate of drug-likeness (QED) is 0.323. The molecule has 1 aliphatic rings. The van der Waals surface area contributed by atoms with E-state index in [0.29, 0.717) is 23.2 Å². The summed E-state index contributed by atoms with van der Waals surface area (Å²) in [7, 11) is -3.80. The van der Waals surface area contributed by atoms with Crippen LogP contribution in [-0.2, 0) is 14.8 Å². The first-order valence-corrected chi connectivity index (χ1v) is 15.1. The minimum atomic E-state index is -3.80. The maximum atomic E-state index is 13.1. The molecule has 206 valence electrons. The lowest BCUT2D eigenvalue weighted by atomic mass is 9.93. The Morgan fingerprint density at radius 3 is 2.53 bits per heavy atom. The van der Waals surface area contributed by atoms with Crippen molar-refractivity contribution in [1.82, 2.24) is 24.3 Å². The third-order valence-electron chi connectivity index (χ3n) is 7.88. The van der Waals surface area contributed by atoms with Crippen molar-refractivity contribution in [3.63, 3.8) is 0 Å². The fourth-order valence-electron chi connectivity index (χ4n) is 5.58. The molecule has 1 aromatic carbocycles. The molecule has 0 aliphatic heterocycles. The molecule has 2 heterocycles. The molecule has 4 rings (SSSR count). The van der Waals surface area contributed by atoms with Gasteiger partial charge in [0.2, 0.25) is 5.91 Å². The van der Waals surface area contributed by atoms with Crippen LogP contribution in [0.25, 0.3) is 11.2 Å². The predicted molar refractivity (Wildman–Crippen MR) is 150 cm³/mol. The predicted octanol–water partition coefficient (Wildman–Crippen LogP) is 4.59. The molecule has 2 aromatic heterocycles. The van der Waals surface area contributed by atoms with Crippen LogP contribution in [0.2, 0.25) is 0 Å². The number of carbonyl (C=O) groups is 1. The first-order valence-electron chi connectivity index (χ1n) is 13.7. The van der Waals surface area contributed by atoms with Gasteiger partial charge in [0.05, 0.1) is 11.1 Å². The zero-order valence-corrected chi connectivity index (χ0v) is 23.7. The van der Waals surface area contributed by atoms with Gasteiger partial charge in [0.25, 0.3) is 10.0 Å². The van der Waals surface area contributed by atoms with E-state index < -0.39 is 10.0 Å². The highest BCUT2D eigenvalue weighted by Crippen LogP contribution is 2.40. The van der Waals surface area contributed by atoms with Gasteiger partial charge in [-0.25, -0.2) is 22.4 Å². The molecule has 1 saturated carbocycles. The minimum Gasteiger partial charge on any atom is -0.304 e. The van der Waals surface area contributed by atoms with E-state index in [4.69, 9.17) is 0 Å². The van der Waals surface area contributed by atoms with Gasteiger partial charge in [0, 0.05) is 12.1 Å². The zero-order valence-electron chi connectivity index (χ0n) is 22.9. The lowest BCUT2D eigenvalue weighted by molar-refractivity contribution is -0.125. The fourth-order valence-corrected chi connectivity index (χ4v) is 6.87. The number of anilines is 1. The number of carbonyl (C=O) groups excluding carboxylic acids is 1. The zero-order chi connectivity index (χ0) is 27.3. The molecule has 0 spiro atoms. The van der Waals surface area contributed by atoms with E-state index >= 15 is 0 Å². The molecular formula is C28H40N6O3S. The summed E-state index contributed by atoms with van der Waals surface area (Å²) in [6.07, 6.45) is 8.22. The van der Waals surface area contributed by atoms with Crippen molar-refractivity contribution in [2.24, 2.45) is 17.8 Å². The summed E-state index contributed by atoms with van der Waals surface area (Å²) in [4.78, 5) is 24.5. The van der Waals surface area contributed by atoms with E-state index in [9.17, 15) is 13.2 Å². The monoisotopic (exact) mass is 540 g/mol. The summed E-state index contributed by atoms with van der Waals surface area (Å²) in [5, 5.41) is 0. The Bertz CT molecular complexity index is 1330. The lowest BCUT2D eigenvalue weighted by Gasteiger charge is -2.19. The minimum absolute atomic E-state index is 0.0236. The van der Waals surface area contributed by atoms with Gasteiger partial charge in [-0.3, -0.25) is 15.6 Å². The van der Waals surface area contributed by atoms with Crippen LogP contribution < -0.4 is 10.9 Å². The Labute approximate surface area is 226 Å². The van der Waals surface area contributed by atoms with Gasteiger partial charge in [0.1, 0.15) is 5.52 Å². The second-order valence-corrected chi connectivity index (χ2v) is 12.1. The van der Waals surface area contributed by atoms with E-state index in [1.54, 1.807) is 30.3 Å². The van der Waals surface area contributed by atoms with Gasteiger partial charge in [0.15, 0.2) is 11.5 Å². The summed E-state index contributed by atoms with van der Waals surface area (Å²) in [6.45, 7) is 11.7. The van der Waals surface area contributed by atoms with Crippen LogP contribution in [0.15, 0.2) is 47.6 Å². The first kappa shape index (κ1) is 28.0. The number of aryl methyl sites for hydroxylation is 1. The molecule has 1 fully saturated rings. The second kappa shape index (κ2) is 12.3. The third kappa shape index (κ3) is 6.18. The number of amides is 1.